The van der Waals surface area contributed by atoms with E-state index in [2.05, 4.69) is 40.1 Å². The van der Waals surface area contributed by atoms with Crippen molar-refractivity contribution >= 4 is 5.69 Å². The quantitative estimate of drug-likeness (QED) is 0.811. The molecule has 0 spiro atoms. The molecule has 1 N–H and O–H groups in total. The van der Waals surface area contributed by atoms with Crippen molar-refractivity contribution in [1.82, 2.24) is 15.2 Å². The molecule has 0 unspecified atom stereocenters. The summed E-state index contributed by atoms with van der Waals surface area (Å²) in [5, 5.41) is 3.38. The molecule has 2 heterocycles. The molecule has 2 rings (SSSR count). The average molecular weight is 262 g/mol. The van der Waals surface area contributed by atoms with Gasteiger partial charge in [0.05, 0.1) is 0 Å². The Morgan fingerprint density at radius 3 is 2.89 bits per heavy atom. The Morgan fingerprint density at radius 2 is 2.16 bits per heavy atom. The first-order chi connectivity index (χ1) is 9.31. The number of likely N-dealkylation sites (N-methyl/N-ethyl adjacent to an activating group) is 1. The second-order valence-corrected chi connectivity index (χ2v) is 5.26. The predicted octanol–water partition coefficient (Wildman–Crippen LogP) is 1.72. The summed E-state index contributed by atoms with van der Waals surface area (Å²) in [5.41, 5.74) is 2.59. The fourth-order valence-electron chi connectivity index (χ4n) is 2.61. The van der Waals surface area contributed by atoms with Crippen molar-refractivity contribution in [2.24, 2.45) is 0 Å². The van der Waals surface area contributed by atoms with Gasteiger partial charge in [0, 0.05) is 50.3 Å². The molecule has 0 atom stereocenters. The summed E-state index contributed by atoms with van der Waals surface area (Å²) in [6.07, 6.45) is 6.59. The molecule has 1 saturated heterocycles. The lowest BCUT2D eigenvalue weighted by molar-refractivity contribution is 0.346. The van der Waals surface area contributed by atoms with E-state index in [1.807, 2.05) is 12.4 Å². The first kappa shape index (κ1) is 14.3. The summed E-state index contributed by atoms with van der Waals surface area (Å²) in [7, 11) is 2.18. The van der Waals surface area contributed by atoms with Gasteiger partial charge in [0.25, 0.3) is 0 Å². The van der Waals surface area contributed by atoms with Gasteiger partial charge in [-0.25, -0.2) is 0 Å². The van der Waals surface area contributed by atoms with Crippen LogP contribution >= 0.6 is 0 Å². The van der Waals surface area contributed by atoms with Crippen molar-refractivity contribution in [2.45, 2.75) is 26.3 Å². The van der Waals surface area contributed by atoms with Gasteiger partial charge in [-0.05, 0) is 38.5 Å². The fourth-order valence-corrected chi connectivity index (χ4v) is 2.61. The second-order valence-electron chi connectivity index (χ2n) is 5.26. The lowest BCUT2D eigenvalue weighted by Crippen LogP contribution is -2.32. The predicted molar refractivity (Wildman–Crippen MR) is 80.6 cm³/mol. The third-order valence-electron chi connectivity index (χ3n) is 3.80. The van der Waals surface area contributed by atoms with Crippen molar-refractivity contribution in [3.8, 4) is 0 Å². The van der Waals surface area contributed by atoms with E-state index in [0.717, 1.165) is 19.6 Å². The topological polar surface area (TPSA) is 31.4 Å². The third kappa shape index (κ3) is 4.18. The van der Waals surface area contributed by atoms with Gasteiger partial charge in [0.1, 0.15) is 0 Å². The molecule has 1 fully saturated rings. The molecule has 0 aromatic carbocycles. The molecular formula is C15H26N4. The van der Waals surface area contributed by atoms with Crippen molar-refractivity contribution < 1.29 is 0 Å². The molecule has 1 aromatic heterocycles. The van der Waals surface area contributed by atoms with Crippen LogP contribution in [0.3, 0.4) is 0 Å². The highest BCUT2D eigenvalue weighted by molar-refractivity contribution is 5.51. The maximum Gasteiger partial charge on any atom is 0.0440 e. The minimum atomic E-state index is 0.897. The zero-order valence-electron chi connectivity index (χ0n) is 12.2. The molecule has 0 amide bonds. The largest absolute Gasteiger partial charge is 0.373 e. The van der Waals surface area contributed by atoms with Crippen LogP contribution in [0.5, 0.6) is 0 Å². The molecule has 1 aromatic rings. The summed E-state index contributed by atoms with van der Waals surface area (Å²) in [6, 6.07) is 2.12. The van der Waals surface area contributed by atoms with E-state index in [9.17, 15) is 0 Å². The summed E-state index contributed by atoms with van der Waals surface area (Å²) >= 11 is 0. The van der Waals surface area contributed by atoms with Gasteiger partial charge in [0.2, 0.25) is 0 Å². The van der Waals surface area contributed by atoms with Crippen LogP contribution in [0.4, 0.5) is 5.69 Å². The van der Waals surface area contributed by atoms with Gasteiger partial charge in [-0.1, -0.05) is 6.92 Å². The molecular weight excluding hydrogens is 236 g/mol. The number of aromatic nitrogens is 1. The zero-order chi connectivity index (χ0) is 13.5. The standard InChI is InChI=1S/C15H26N4/c1-3-16-12-14-13-17-7-6-15(14)18(2)10-11-19-8-4-5-9-19/h6-7,13,16H,3-5,8-12H2,1-2H3. The number of pyridine rings is 1. The highest BCUT2D eigenvalue weighted by Gasteiger charge is 2.13. The Kier molecular flexibility index (Phi) is 5.61. The van der Waals surface area contributed by atoms with E-state index in [0.29, 0.717) is 0 Å². The molecule has 0 radical (unpaired) electrons. The van der Waals surface area contributed by atoms with Gasteiger partial charge in [-0.2, -0.15) is 0 Å². The van der Waals surface area contributed by atoms with E-state index < -0.39 is 0 Å². The monoisotopic (exact) mass is 262 g/mol. The highest BCUT2D eigenvalue weighted by atomic mass is 15.2. The number of rotatable bonds is 7. The summed E-state index contributed by atoms with van der Waals surface area (Å²) in [6.45, 7) is 8.82. The van der Waals surface area contributed by atoms with Gasteiger partial charge in [0.15, 0.2) is 0 Å². The Labute approximate surface area is 116 Å². The van der Waals surface area contributed by atoms with E-state index in [4.69, 9.17) is 0 Å². The molecule has 106 valence electrons. The summed E-state index contributed by atoms with van der Waals surface area (Å²) in [4.78, 5) is 9.15. The number of nitrogens with zero attached hydrogens (tertiary/aromatic N) is 3. The van der Waals surface area contributed by atoms with Crippen molar-refractivity contribution in [1.29, 1.82) is 0 Å². The van der Waals surface area contributed by atoms with Crippen LogP contribution in [0.1, 0.15) is 25.3 Å². The van der Waals surface area contributed by atoms with Gasteiger partial charge in [-0.15, -0.1) is 0 Å². The summed E-state index contributed by atoms with van der Waals surface area (Å²) in [5.74, 6) is 0. The van der Waals surface area contributed by atoms with Crippen LogP contribution in [-0.2, 0) is 6.54 Å². The first-order valence-electron chi connectivity index (χ1n) is 7.38. The molecule has 0 bridgehead atoms. The lowest BCUT2D eigenvalue weighted by atomic mass is 10.2. The number of hydrogen-bond donors (Lipinski definition) is 1. The number of likely N-dealkylation sites (tertiary alicyclic amines) is 1. The number of hydrogen-bond acceptors (Lipinski definition) is 4. The zero-order valence-corrected chi connectivity index (χ0v) is 12.2. The fraction of sp³-hybridized carbons (Fsp3) is 0.667. The highest BCUT2D eigenvalue weighted by Crippen LogP contribution is 2.18. The van der Waals surface area contributed by atoms with Crippen LogP contribution in [0, 0.1) is 0 Å². The SMILES string of the molecule is CCNCc1cnccc1N(C)CCN1CCCC1. The maximum atomic E-state index is 4.24. The van der Waals surface area contributed by atoms with Crippen LogP contribution < -0.4 is 10.2 Å². The molecule has 0 saturated carbocycles. The van der Waals surface area contributed by atoms with E-state index >= 15 is 0 Å². The maximum absolute atomic E-state index is 4.24. The third-order valence-corrected chi connectivity index (χ3v) is 3.80. The Bertz CT molecular complexity index is 374. The molecule has 1 aliphatic heterocycles. The van der Waals surface area contributed by atoms with Crippen LogP contribution in [0.25, 0.3) is 0 Å². The normalized spacial score (nSPS) is 15.9. The van der Waals surface area contributed by atoms with Crippen molar-refractivity contribution in [3.63, 3.8) is 0 Å². The molecule has 1 aliphatic rings. The number of anilines is 1. The molecule has 0 aliphatic carbocycles. The van der Waals surface area contributed by atoms with E-state index in [1.54, 1.807) is 0 Å². The van der Waals surface area contributed by atoms with Crippen molar-refractivity contribution in [3.05, 3.63) is 24.0 Å². The van der Waals surface area contributed by atoms with Crippen molar-refractivity contribution in [2.75, 3.05) is 44.7 Å². The smallest absolute Gasteiger partial charge is 0.0440 e. The average Bonchev–Trinajstić information content (AvgIpc) is 2.96. The molecule has 4 heteroatoms. The van der Waals surface area contributed by atoms with Crippen LogP contribution in [0.2, 0.25) is 0 Å². The number of nitrogens with one attached hydrogen (secondary N) is 1. The van der Waals surface area contributed by atoms with Crippen LogP contribution in [0.15, 0.2) is 18.5 Å². The van der Waals surface area contributed by atoms with Gasteiger partial charge >= 0.3 is 0 Å². The van der Waals surface area contributed by atoms with Gasteiger partial charge in [-0.3, -0.25) is 4.98 Å². The minimum Gasteiger partial charge on any atom is -0.373 e. The second kappa shape index (κ2) is 7.46. The van der Waals surface area contributed by atoms with E-state index in [-0.39, 0.29) is 0 Å². The van der Waals surface area contributed by atoms with Gasteiger partial charge < -0.3 is 15.1 Å². The Balaban J connectivity index is 1.91. The lowest BCUT2D eigenvalue weighted by Gasteiger charge is -2.25. The Morgan fingerprint density at radius 1 is 1.37 bits per heavy atom. The molecule has 4 nitrogen and oxygen atoms in total. The first-order valence-corrected chi connectivity index (χ1v) is 7.38. The summed E-state index contributed by atoms with van der Waals surface area (Å²) < 4.78 is 0. The van der Waals surface area contributed by atoms with Crippen LogP contribution in [-0.4, -0.2) is 49.7 Å². The molecule has 19 heavy (non-hydrogen) atoms. The van der Waals surface area contributed by atoms with E-state index in [1.165, 1.54) is 43.7 Å². The minimum absolute atomic E-state index is 0.897. The Hall–Kier alpha value is -1.13.